The summed E-state index contributed by atoms with van der Waals surface area (Å²) in [6.45, 7) is 2.38. The summed E-state index contributed by atoms with van der Waals surface area (Å²) in [7, 11) is 1.77. The topological polar surface area (TPSA) is 103 Å². The molecule has 3 aromatic rings. The standard InChI is InChI=1S/C18H19N5O3S/c1-10-15(18(24)25)27-17(19-10)12-6-7-14(26-9-11-4-3-5-11)13(8-12)16-20-21-22-23(16)2/h6-8,11H,3-5,9H2,1-2H3,(H,24,25). The fraction of sp³-hybridized carbons (Fsp3) is 0.389. The largest absolute Gasteiger partial charge is 0.493 e. The van der Waals surface area contributed by atoms with Crippen molar-refractivity contribution in [1.82, 2.24) is 25.2 Å². The zero-order chi connectivity index (χ0) is 19.0. The van der Waals surface area contributed by atoms with Gasteiger partial charge in [0.15, 0.2) is 5.82 Å². The highest BCUT2D eigenvalue weighted by Gasteiger charge is 2.21. The first-order valence-electron chi connectivity index (χ1n) is 8.73. The molecule has 1 aliphatic rings. The number of hydrogen-bond donors (Lipinski definition) is 1. The van der Waals surface area contributed by atoms with E-state index in [0.29, 0.717) is 29.1 Å². The van der Waals surface area contributed by atoms with Crippen molar-refractivity contribution in [3.05, 3.63) is 28.8 Å². The van der Waals surface area contributed by atoms with Crippen LogP contribution in [0, 0.1) is 12.8 Å². The second-order valence-electron chi connectivity index (χ2n) is 6.68. The molecule has 4 rings (SSSR count). The maximum Gasteiger partial charge on any atom is 0.347 e. The van der Waals surface area contributed by atoms with E-state index in [1.165, 1.54) is 19.3 Å². The fourth-order valence-electron chi connectivity index (χ4n) is 3.01. The summed E-state index contributed by atoms with van der Waals surface area (Å²) in [5.41, 5.74) is 2.09. The van der Waals surface area contributed by atoms with E-state index >= 15 is 0 Å². The van der Waals surface area contributed by atoms with Crippen LogP contribution in [0.25, 0.3) is 22.0 Å². The van der Waals surface area contributed by atoms with E-state index in [-0.39, 0.29) is 4.88 Å². The van der Waals surface area contributed by atoms with Gasteiger partial charge in [-0.25, -0.2) is 14.5 Å². The molecule has 0 bridgehead atoms. The third kappa shape index (κ3) is 3.42. The smallest absolute Gasteiger partial charge is 0.347 e. The van der Waals surface area contributed by atoms with Crippen LogP contribution in [0.3, 0.4) is 0 Å². The average Bonchev–Trinajstić information content (AvgIpc) is 3.19. The van der Waals surface area contributed by atoms with Gasteiger partial charge < -0.3 is 9.84 Å². The number of ether oxygens (including phenoxy) is 1. The quantitative estimate of drug-likeness (QED) is 0.695. The van der Waals surface area contributed by atoms with E-state index in [1.807, 2.05) is 18.2 Å². The number of carboxylic acid groups (broad SMARTS) is 1. The monoisotopic (exact) mass is 385 g/mol. The Morgan fingerprint density at radius 1 is 1.41 bits per heavy atom. The molecule has 2 aromatic heterocycles. The number of carbonyl (C=O) groups is 1. The van der Waals surface area contributed by atoms with E-state index in [9.17, 15) is 9.90 Å². The lowest BCUT2D eigenvalue weighted by atomic mass is 9.86. The van der Waals surface area contributed by atoms with Crippen molar-refractivity contribution in [3.8, 4) is 27.7 Å². The second-order valence-corrected chi connectivity index (χ2v) is 7.68. The van der Waals surface area contributed by atoms with Crippen LogP contribution < -0.4 is 4.74 Å². The number of hydrogen-bond acceptors (Lipinski definition) is 7. The fourth-order valence-corrected chi connectivity index (χ4v) is 3.91. The summed E-state index contributed by atoms with van der Waals surface area (Å²) in [5.74, 6) is 0.951. The van der Waals surface area contributed by atoms with Crippen LogP contribution in [0.15, 0.2) is 18.2 Å². The van der Waals surface area contributed by atoms with Gasteiger partial charge in [-0.2, -0.15) is 0 Å². The molecule has 0 radical (unpaired) electrons. The van der Waals surface area contributed by atoms with Crippen molar-refractivity contribution < 1.29 is 14.6 Å². The first-order chi connectivity index (χ1) is 13.0. The maximum atomic E-state index is 11.3. The highest BCUT2D eigenvalue weighted by Crippen LogP contribution is 2.36. The van der Waals surface area contributed by atoms with E-state index in [2.05, 4.69) is 20.5 Å². The number of rotatable bonds is 6. The summed E-state index contributed by atoms with van der Waals surface area (Å²) in [4.78, 5) is 16.0. The van der Waals surface area contributed by atoms with Crippen LogP contribution in [0.4, 0.5) is 0 Å². The minimum atomic E-state index is -0.963. The first-order valence-corrected chi connectivity index (χ1v) is 9.55. The summed E-state index contributed by atoms with van der Waals surface area (Å²) >= 11 is 1.16. The highest BCUT2D eigenvalue weighted by molar-refractivity contribution is 7.17. The Labute approximate surface area is 159 Å². The van der Waals surface area contributed by atoms with Crippen LogP contribution in [0.5, 0.6) is 5.75 Å². The molecule has 0 amide bonds. The molecule has 140 valence electrons. The minimum absolute atomic E-state index is 0.247. The Bertz CT molecular complexity index is 993. The second kappa shape index (κ2) is 7.07. The van der Waals surface area contributed by atoms with Gasteiger partial charge in [-0.1, -0.05) is 6.42 Å². The van der Waals surface area contributed by atoms with Gasteiger partial charge in [0.2, 0.25) is 0 Å². The van der Waals surface area contributed by atoms with Crippen molar-refractivity contribution in [2.45, 2.75) is 26.2 Å². The van der Waals surface area contributed by atoms with Gasteiger partial charge in [0.05, 0.1) is 17.9 Å². The molecule has 1 N–H and O–H groups in total. The van der Waals surface area contributed by atoms with Crippen LogP contribution in [0.2, 0.25) is 0 Å². The number of benzene rings is 1. The van der Waals surface area contributed by atoms with Crippen molar-refractivity contribution in [2.24, 2.45) is 13.0 Å². The van der Waals surface area contributed by atoms with Crippen LogP contribution >= 0.6 is 11.3 Å². The summed E-state index contributed by atoms with van der Waals surface area (Å²) in [6.07, 6.45) is 3.67. The average molecular weight is 385 g/mol. The van der Waals surface area contributed by atoms with Crippen molar-refractivity contribution in [1.29, 1.82) is 0 Å². The molecule has 0 unspecified atom stereocenters. The van der Waals surface area contributed by atoms with Gasteiger partial charge in [-0.05, 0) is 54.3 Å². The van der Waals surface area contributed by atoms with Crippen LogP contribution in [0.1, 0.15) is 34.6 Å². The Balaban J connectivity index is 1.72. The molecule has 0 aliphatic heterocycles. The molecular weight excluding hydrogens is 366 g/mol. The lowest BCUT2D eigenvalue weighted by Crippen LogP contribution is -2.19. The Kier molecular flexibility index (Phi) is 4.61. The molecule has 0 saturated heterocycles. The first kappa shape index (κ1) is 17.6. The molecule has 8 nitrogen and oxygen atoms in total. The number of aryl methyl sites for hydroxylation is 2. The Hall–Kier alpha value is -2.81. The van der Waals surface area contributed by atoms with Crippen LogP contribution in [-0.2, 0) is 7.05 Å². The third-order valence-corrected chi connectivity index (χ3v) is 5.97. The SMILES string of the molecule is Cc1nc(-c2ccc(OCC3CCC3)c(-c3nnnn3C)c2)sc1C(=O)O. The van der Waals surface area contributed by atoms with Crippen molar-refractivity contribution in [2.75, 3.05) is 6.61 Å². The van der Waals surface area contributed by atoms with Crippen LogP contribution in [-0.4, -0.2) is 42.9 Å². The number of carboxylic acids is 1. The highest BCUT2D eigenvalue weighted by atomic mass is 32.1. The molecule has 9 heteroatoms. The van der Waals surface area contributed by atoms with Crippen molar-refractivity contribution in [3.63, 3.8) is 0 Å². The van der Waals surface area contributed by atoms with Gasteiger partial charge in [0, 0.05) is 12.6 Å². The summed E-state index contributed by atoms with van der Waals surface area (Å²) < 4.78 is 7.65. The van der Waals surface area contributed by atoms with Crippen molar-refractivity contribution >= 4 is 17.3 Å². The summed E-state index contributed by atoms with van der Waals surface area (Å²) in [5, 5.41) is 21.7. The number of nitrogens with zero attached hydrogens (tertiary/aromatic N) is 5. The molecule has 0 spiro atoms. The number of aromatic carboxylic acids is 1. The molecule has 2 heterocycles. The maximum absolute atomic E-state index is 11.3. The molecular formula is C18H19N5O3S. The lowest BCUT2D eigenvalue weighted by Gasteiger charge is -2.25. The predicted molar refractivity (Wildman–Crippen MR) is 99.9 cm³/mol. The number of tetrazole rings is 1. The zero-order valence-electron chi connectivity index (χ0n) is 15.0. The minimum Gasteiger partial charge on any atom is -0.493 e. The molecule has 1 aliphatic carbocycles. The Morgan fingerprint density at radius 2 is 2.22 bits per heavy atom. The molecule has 1 saturated carbocycles. The van der Waals surface area contributed by atoms with Gasteiger partial charge in [-0.3, -0.25) is 0 Å². The summed E-state index contributed by atoms with van der Waals surface area (Å²) in [6, 6.07) is 5.69. The Morgan fingerprint density at radius 3 is 2.81 bits per heavy atom. The molecule has 27 heavy (non-hydrogen) atoms. The molecule has 0 atom stereocenters. The van der Waals surface area contributed by atoms with E-state index < -0.39 is 5.97 Å². The molecule has 1 fully saturated rings. The van der Waals surface area contributed by atoms with Gasteiger partial charge in [-0.15, -0.1) is 16.4 Å². The van der Waals surface area contributed by atoms with E-state index in [4.69, 9.17) is 4.74 Å². The van der Waals surface area contributed by atoms with E-state index in [1.54, 1.807) is 18.7 Å². The van der Waals surface area contributed by atoms with Gasteiger partial charge in [0.25, 0.3) is 0 Å². The normalized spacial score (nSPS) is 14.1. The zero-order valence-corrected chi connectivity index (χ0v) is 15.9. The predicted octanol–water partition coefficient (Wildman–Crippen LogP) is 3.19. The van der Waals surface area contributed by atoms with Gasteiger partial charge >= 0.3 is 5.97 Å². The van der Waals surface area contributed by atoms with E-state index in [0.717, 1.165) is 28.2 Å². The molecule has 1 aromatic carbocycles. The number of aromatic nitrogens is 5. The third-order valence-electron chi connectivity index (χ3n) is 4.78. The number of thiazole rings is 1. The lowest BCUT2D eigenvalue weighted by molar-refractivity contribution is 0.0701. The van der Waals surface area contributed by atoms with Gasteiger partial charge in [0.1, 0.15) is 15.6 Å².